The van der Waals surface area contributed by atoms with E-state index in [0.29, 0.717) is 13.0 Å². The van der Waals surface area contributed by atoms with Crippen LogP contribution in [0.3, 0.4) is 0 Å². The summed E-state index contributed by atoms with van der Waals surface area (Å²) in [5.41, 5.74) is -0.900. The molecule has 1 amide bonds. The largest absolute Gasteiger partial charge is 0.417 e. The van der Waals surface area contributed by atoms with Gasteiger partial charge < -0.3 is 10.0 Å². The van der Waals surface area contributed by atoms with Crippen molar-refractivity contribution in [2.45, 2.75) is 18.7 Å². The molecule has 0 bridgehead atoms. The van der Waals surface area contributed by atoms with Gasteiger partial charge in [0.05, 0.1) is 11.7 Å². The third-order valence-corrected chi connectivity index (χ3v) is 3.66. The van der Waals surface area contributed by atoms with Gasteiger partial charge >= 0.3 is 6.18 Å². The Hall–Kier alpha value is -1.08. The molecule has 3 nitrogen and oxygen atoms in total. The first-order valence-electron chi connectivity index (χ1n) is 5.63. The minimum Gasteiger partial charge on any atom is -0.391 e. The summed E-state index contributed by atoms with van der Waals surface area (Å²) in [6.07, 6.45) is -4.66. The zero-order valence-electron chi connectivity index (χ0n) is 9.75. The molecule has 1 atom stereocenters. The van der Waals surface area contributed by atoms with E-state index in [0.717, 1.165) is 6.07 Å². The molecule has 1 fully saturated rings. The lowest BCUT2D eigenvalue weighted by atomic mass is 10.1. The molecule has 1 aliphatic rings. The van der Waals surface area contributed by atoms with Gasteiger partial charge in [0.25, 0.3) is 5.91 Å². The Bertz CT molecular complexity index is 504. The molecule has 7 heteroatoms. The molecule has 1 N–H and O–H groups in total. The number of hydrogen-bond acceptors (Lipinski definition) is 2. The normalized spacial score (nSPS) is 19.8. The molecule has 0 radical (unpaired) electrons. The van der Waals surface area contributed by atoms with Gasteiger partial charge in [-0.15, -0.1) is 0 Å². The van der Waals surface area contributed by atoms with Gasteiger partial charge in [-0.05, 0) is 24.6 Å². The Kier molecular flexibility index (Phi) is 3.87. The van der Waals surface area contributed by atoms with Crippen molar-refractivity contribution < 1.29 is 23.1 Å². The van der Waals surface area contributed by atoms with E-state index in [1.807, 2.05) is 0 Å². The summed E-state index contributed by atoms with van der Waals surface area (Å²) < 4.78 is 38.1. The maximum atomic E-state index is 12.7. The number of halogens is 4. The summed E-state index contributed by atoms with van der Waals surface area (Å²) >= 11 is 2.82. The maximum absolute atomic E-state index is 12.7. The molecule has 1 heterocycles. The molecule has 19 heavy (non-hydrogen) atoms. The van der Waals surface area contributed by atoms with E-state index in [4.69, 9.17) is 0 Å². The van der Waals surface area contributed by atoms with Crippen molar-refractivity contribution in [3.63, 3.8) is 0 Å². The van der Waals surface area contributed by atoms with E-state index >= 15 is 0 Å². The standard InChI is InChI=1S/C12H11BrF3NO2/c13-10-2-1-7(5-9(10)12(14,15)16)11(19)17-4-3-8(18)6-17/h1-2,5,8,18H,3-4,6H2. The molecule has 0 saturated carbocycles. The summed E-state index contributed by atoms with van der Waals surface area (Å²) in [5, 5.41) is 9.34. The number of β-amino-alcohol motifs (C(OH)–C–C–N with tert-alkyl or cyclic N) is 1. The topological polar surface area (TPSA) is 40.5 Å². The molecule has 1 unspecified atom stereocenters. The Morgan fingerprint density at radius 1 is 1.42 bits per heavy atom. The quantitative estimate of drug-likeness (QED) is 0.855. The monoisotopic (exact) mass is 337 g/mol. The number of benzene rings is 1. The van der Waals surface area contributed by atoms with Crippen molar-refractivity contribution in [2.75, 3.05) is 13.1 Å². The maximum Gasteiger partial charge on any atom is 0.417 e. The van der Waals surface area contributed by atoms with Gasteiger partial charge in [-0.3, -0.25) is 4.79 Å². The molecular weight excluding hydrogens is 327 g/mol. The predicted molar refractivity (Wildman–Crippen MR) is 65.7 cm³/mol. The molecule has 0 aromatic heterocycles. The highest BCUT2D eigenvalue weighted by molar-refractivity contribution is 9.10. The van der Waals surface area contributed by atoms with Crippen molar-refractivity contribution in [1.82, 2.24) is 4.90 Å². The van der Waals surface area contributed by atoms with Crippen LogP contribution in [0.5, 0.6) is 0 Å². The van der Waals surface area contributed by atoms with Crippen LogP contribution in [0, 0.1) is 0 Å². The molecule has 1 saturated heterocycles. The third-order valence-electron chi connectivity index (χ3n) is 2.97. The van der Waals surface area contributed by atoms with Crippen LogP contribution in [0.1, 0.15) is 22.3 Å². The Labute approximate surface area is 116 Å². The highest BCUT2D eigenvalue weighted by atomic mass is 79.9. The highest BCUT2D eigenvalue weighted by Gasteiger charge is 2.34. The Balaban J connectivity index is 2.28. The first-order valence-corrected chi connectivity index (χ1v) is 6.42. The van der Waals surface area contributed by atoms with Crippen LogP contribution >= 0.6 is 15.9 Å². The first kappa shape index (κ1) is 14.3. The van der Waals surface area contributed by atoms with Crippen molar-refractivity contribution in [1.29, 1.82) is 0 Å². The fourth-order valence-corrected chi connectivity index (χ4v) is 2.46. The van der Waals surface area contributed by atoms with Crippen LogP contribution in [-0.4, -0.2) is 35.1 Å². The smallest absolute Gasteiger partial charge is 0.391 e. The number of likely N-dealkylation sites (tertiary alicyclic amines) is 1. The number of nitrogens with zero attached hydrogens (tertiary/aromatic N) is 1. The minimum atomic E-state index is -4.51. The van der Waals surface area contributed by atoms with Gasteiger partial charge in [-0.1, -0.05) is 15.9 Å². The zero-order chi connectivity index (χ0) is 14.2. The lowest BCUT2D eigenvalue weighted by Crippen LogP contribution is -2.29. The van der Waals surface area contributed by atoms with Crippen LogP contribution in [0.4, 0.5) is 13.2 Å². The number of aliphatic hydroxyl groups is 1. The number of aliphatic hydroxyl groups excluding tert-OH is 1. The Morgan fingerprint density at radius 3 is 2.63 bits per heavy atom. The van der Waals surface area contributed by atoms with Crippen LogP contribution in [0.25, 0.3) is 0 Å². The zero-order valence-corrected chi connectivity index (χ0v) is 11.3. The number of carbonyl (C=O) groups is 1. The average molecular weight is 338 g/mol. The summed E-state index contributed by atoms with van der Waals surface area (Å²) in [4.78, 5) is 13.4. The number of carbonyl (C=O) groups excluding carboxylic acids is 1. The lowest BCUT2D eigenvalue weighted by Gasteiger charge is -2.17. The molecule has 0 spiro atoms. The molecule has 1 aromatic rings. The van der Waals surface area contributed by atoms with E-state index in [-0.39, 0.29) is 16.6 Å². The second kappa shape index (κ2) is 5.13. The summed E-state index contributed by atoms with van der Waals surface area (Å²) in [6.45, 7) is 0.521. The summed E-state index contributed by atoms with van der Waals surface area (Å²) in [5.74, 6) is -0.491. The lowest BCUT2D eigenvalue weighted by molar-refractivity contribution is -0.138. The second-order valence-electron chi connectivity index (χ2n) is 4.39. The third kappa shape index (κ3) is 3.09. The van der Waals surface area contributed by atoms with Crippen molar-refractivity contribution in [2.24, 2.45) is 0 Å². The van der Waals surface area contributed by atoms with Crippen LogP contribution in [0.2, 0.25) is 0 Å². The molecule has 0 aliphatic carbocycles. The molecular formula is C12H11BrF3NO2. The molecule has 1 aromatic carbocycles. The average Bonchev–Trinajstić information content (AvgIpc) is 2.74. The predicted octanol–water partition coefficient (Wildman–Crippen LogP) is 2.67. The fraction of sp³-hybridized carbons (Fsp3) is 0.417. The van der Waals surface area contributed by atoms with Gasteiger partial charge in [0, 0.05) is 23.1 Å². The second-order valence-corrected chi connectivity index (χ2v) is 5.24. The summed E-state index contributed by atoms with van der Waals surface area (Å²) in [7, 11) is 0. The van der Waals surface area contributed by atoms with Crippen LogP contribution in [-0.2, 0) is 6.18 Å². The van der Waals surface area contributed by atoms with Crippen molar-refractivity contribution >= 4 is 21.8 Å². The minimum absolute atomic E-state index is 0.0235. The Morgan fingerprint density at radius 2 is 2.11 bits per heavy atom. The van der Waals surface area contributed by atoms with E-state index in [1.165, 1.54) is 17.0 Å². The molecule has 2 rings (SSSR count). The number of rotatable bonds is 1. The number of hydrogen-bond donors (Lipinski definition) is 1. The van der Waals surface area contributed by atoms with Crippen molar-refractivity contribution in [3.05, 3.63) is 33.8 Å². The SMILES string of the molecule is O=C(c1ccc(Br)c(C(F)(F)F)c1)N1CCC(O)C1. The van der Waals surface area contributed by atoms with Crippen LogP contribution < -0.4 is 0 Å². The van der Waals surface area contributed by atoms with Crippen molar-refractivity contribution in [3.8, 4) is 0 Å². The molecule has 104 valence electrons. The van der Waals surface area contributed by atoms with Gasteiger partial charge in [0.2, 0.25) is 0 Å². The van der Waals surface area contributed by atoms with Gasteiger partial charge in [0.15, 0.2) is 0 Å². The van der Waals surface area contributed by atoms with E-state index in [1.54, 1.807) is 0 Å². The highest BCUT2D eigenvalue weighted by Crippen LogP contribution is 2.35. The fourth-order valence-electron chi connectivity index (χ4n) is 1.98. The van der Waals surface area contributed by atoms with E-state index in [2.05, 4.69) is 15.9 Å². The van der Waals surface area contributed by atoms with E-state index in [9.17, 15) is 23.1 Å². The first-order chi connectivity index (χ1) is 8.79. The van der Waals surface area contributed by atoms with Gasteiger partial charge in [0.1, 0.15) is 0 Å². The van der Waals surface area contributed by atoms with Gasteiger partial charge in [-0.25, -0.2) is 0 Å². The molecule has 1 aliphatic heterocycles. The number of alkyl halides is 3. The number of amides is 1. The van der Waals surface area contributed by atoms with Crippen LogP contribution in [0.15, 0.2) is 22.7 Å². The van der Waals surface area contributed by atoms with Gasteiger partial charge in [-0.2, -0.15) is 13.2 Å². The van der Waals surface area contributed by atoms with E-state index < -0.39 is 23.8 Å². The summed E-state index contributed by atoms with van der Waals surface area (Å²) in [6, 6.07) is 3.38.